The molecule has 0 aliphatic rings. The van der Waals surface area contributed by atoms with E-state index in [2.05, 4.69) is 38.4 Å². The average molecular weight is 418 g/mol. The minimum absolute atomic E-state index is 0.0392. The maximum atomic E-state index is 11.9. The molecular formula is C14H16BrN3OS3. The lowest BCUT2D eigenvalue weighted by molar-refractivity contribution is -0.113. The van der Waals surface area contributed by atoms with Crippen molar-refractivity contribution >= 4 is 62.4 Å². The van der Waals surface area contributed by atoms with Crippen molar-refractivity contribution in [3.05, 3.63) is 28.7 Å². The summed E-state index contributed by atoms with van der Waals surface area (Å²) in [7, 11) is 0. The number of nitrogens with one attached hydrogen (secondary N) is 1. The molecule has 0 radical (unpaired) electrons. The van der Waals surface area contributed by atoms with Crippen molar-refractivity contribution in [2.45, 2.75) is 28.4 Å². The second-order valence-electron chi connectivity index (χ2n) is 4.38. The first kappa shape index (κ1) is 17.8. The summed E-state index contributed by atoms with van der Waals surface area (Å²) in [5.74, 6) is 1.37. The highest BCUT2D eigenvalue weighted by Crippen LogP contribution is 2.29. The van der Waals surface area contributed by atoms with Gasteiger partial charge in [0, 0.05) is 15.9 Å². The van der Waals surface area contributed by atoms with E-state index in [0.717, 1.165) is 24.6 Å². The fourth-order valence-corrected chi connectivity index (χ4v) is 4.71. The van der Waals surface area contributed by atoms with Crippen molar-refractivity contribution in [1.82, 2.24) is 10.2 Å². The van der Waals surface area contributed by atoms with E-state index in [-0.39, 0.29) is 5.91 Å². The van der Waals surface area contributed by atoms with Gasteiger partial charge >= 0.3 is 0 Å². The number of aromatic nitrogens is 2. The zero-order chi connectivity index (χ0) is 15.8. The minimum Gasteiger partial charge on any atom is -0.325 e. The number of carbonyl (C=O) groups excluding carboxylic acids is 1. The molecular weight excluding hydrogens is 402 g/mol. The summed E-state index contributed by atoms with van der Waals surface area (Å²) in [6.07, 6.45) is 2.37. The number of hydrogen-bond donors (Lipinski definition) is 1. The standard InChI is InChI=1S/C14H16BrN3OS3/c1-2-3-8-20-13-17-18-14(22-13)21-9-12(19)16-11-6-4-10(15)5-7-11/h4-7H,2-3,8-9H2,1H3,(H,16,19). The molecule has 0 atom stereocenters. The maximum absolute atomic E-state index is 11.9. The predicted molar refractivity (Wildman–Crippen MR) is 99.0 cm³/mol. The molecule has 8 heteroatoms. The SMILES string of the molecule is CCCCSc1nnc(SCC(=O)Nc2ccc(Br)cc2)s1. The number of nitrogens with zero attached hydrogens (tertiary/aromatic N) is 2. The van der Waals surface area contributed by atoms with Crippen LogP contribution < -0.4 is 5.32 Å². The van der Waals surface area contributed by atoms with Crippen LogP contribution in [0.3, 0.4) is 0 Å². The number of hydrogen-bond acceptors (Lipinski definition) is 6. The van der Waals surface area contributed by atoms with E-state index in [1.54, 1.807) is 23.1 Å². The molecule has 1 aromatic heterocycles. The van der Waals surface area contributed by atoms with Crippen LogP contribution in [-0.4, -0.2) is 27.6 Å². The Balaban J connectivity index is 1.75. The first-order chi connectivity index (χ1) is 10.7. The van der Waals surface area contributed by atoms with Gasteiger partial charge in [0.2, 0.25) is 5.91 Å². The first-order valence-corrected chi connectivity index (χ1v) is 10.4. The molecule has 118 valence electrons. The highest BCUT2D eigenvalue weighted by Gasteiger charge is 2.08. The number of unbranched alkanes of at least 4 members (excludes halogenated alkanes) is 1. The largest absolute Gasteiger partial charge is 0.325 e. The van der Waals surface area contributed by atoms with Gasteiger partial charge in [-0.15, -0.1) is 10.2 Å². The van der Waals surface area contributed by atoms with E-state index in [1.165, 1.54) is 24.6 Å². The summed E-state index contributed by atoms with van der Waals surface area (Å²) < 4.78 is 2.80. The van der Waals surface area contributed by atoms with Crippen LogP contribution in [0.15, 0.2) is 37.4 Å². The number of anilines is 1. The average Bonchev–Trinajstić information content (AvgIpc) is 2.96. The summed E-state index contributed by atoms with van der Waals surface area (Å²) in [6, 6.07) is 7.51. The molecule has 1 amide bonds. The van der Waals surface area contributed by atoms with Crippen LogP contribution in [-0.2, 0) is 4.79 Å². The molecule has 1 aromatic carbocycles. The Morgan fingerprint density at radius 3 is 2.59 bits per heavy atom. The third kappa shape index (κ3) is 6.28. The van der Waals surface area contributed by atoms with Gasteiger partial charge in [0.05, 0.1) is 5.75 Å². The van der Waals surface area contributed by atoms with E-state index in [0.29, 0.717) is 5.75 Å². The molecule has 0 saturated carbocycles. The molecule has 2 rings (SSSR count). The summed E-state index contributed by atoms with van der Waals surface area (Å²) in [5.41, 5.74) is 0.793. The quantitative estimate of drug-likeness (QED) is 0.487. The van der Waals surface area contributed by atoms with Crippen molar-refractivity contribution in [2.75, 3.05) is 16.8 Å². The molecule has 1 heterocycles. The van der Waals surface area contributed by atoms with Crippen molar-refractivity contribution in [2.24, 2.45) is 0 Å². The highest BCUT2D eigenvalue weighted by molar-refractivity contribution is 9.10. The van der Waals surface area contributed by atoms with Crippen molar-refractivity contribution < 1.29 is 4.79 Å². The van der Waals surface area contributed by atoms with Crippen LogP contribution in [0.4, 0.5) is 5.69 Å². The van der Waals surface area contributed by atoms with Crippen LogP contribution in [0.25, 0.3) is 0 Å². The van der Waals surface area contributed by atoms with Gasteiger partial charge in [-0.3, -0.25) is 4.79 Å². The van der Waals surface area contributed by atoms with E-state index < -0.39 is 0 Å². The van der Waals surface area contributed by atoms with Gasteiger partial charge in [0.25, 0.3) is 0 Å². The molecule has 4 nitrogen and oxygen atoms in total. The molecule has 0 unspecified atom stereocenters. The van der Waals surface area contributed by atoms with Crippen LogP contribution in [0.5, 0.6) is 0 Å². The van der Waals surface area contributed by atoms with Crippen molar-refractivity contribution in [3.63, 3.8) is 0 Å². The van der Waals surface area contributed by atoms with Gasteiger partial charge in [0.15, 0.2) is 8.68 Å². The molecule has 0 spiro atoms. The predicted octanol–water partition coefficient (Wildman–Crippen LogP) is 4.92. The third-order valence-corrected chi connectivity index (χ3v) is 6.37. The fourth-order valence-electron chi connectivity index (χ4n) is 1.48. The molecule has 0 saturated heterocycles. The second kappa shape index (κ2) is 9.54. The number of benzene rings is 1. The first-order valence-electron chi connectivity index (χ1n) is 6.82. The van der Waals surface area contributed by atoms with Gasteiger partial charge in [-0.05, 0) is 30.7 Å². The zero-order valence-electron chi connectivity index (χ0n) is 12.0. The Bertz CT molecular complexity index is 604. The topological polar surface area (TPSA) is 54.9 Å². The fraction of sp³-hybridized carbons (Fsp3) is 0.357. The molecule has 22 heavy (non-hydrogen) atoms. The third-order valence-electron chi connectivity index (χ3n) is 2.57. The van der Waals surface area contributed by atoms with Crippen LogP contribution in [0.2, 0.25) is 0 Å². The van der Waals surface area contributed by atoms with Crippen LogP contribution >= 0.6 is 50.8 Å². The monoisotopic (exact) mass is 417 g/mol. The summed E-state index contributed by atoms with van der Waals surface area (Å²) >= 11 is 8.07. The van der Waals surface area contributed by atoms with Crippen LogP contribution in [0, 0.1) is 0 Å². The lowest BCUT2D eigenvalue weighted by Gasteiger charge is -2.03. The molecule has 0 aliphatic heterocycles. The lowest BCUT2D eigenvalue weighted by Crippen LogP contribution is -2.13. The Hall–Kier alpha value is -0.570. The Morgan fingerprint density at radius 1 is 1.23 bits per heavy atom. The normalized spacial score (nSPS) is 10.6. The molecule has 2 aromatic rings. The zero-order valence-corrected chi connectivity index (χ0v) is 16.1. The van der Waals surface area contributed by atoms with Gasteiger partial charge in [-0.25, -0.2) is 0 Å². The summed E-state index contributed by atoms with van der Waals surface area (Å²) in [5, 5.41) is 11.1. The number of amides is 1. The molecule has 0 bridgehead atoms. The van der Waals surface area contributed by atoms with E-state index in [9.17, 15) is 4.79 Å². The highest BCUT2D eigenvalue weighted by atomic mass is 79.9. The van der Waals surface area contributed by atoms with E-state index >= 15 is 0 Å². The van der Waals surface area contributed by atoms with E-state index in [4.69, 9.17) is 0 Å². The van der Waals surface area contributed by atoms with Gasteiger partial charge in [-0.2, -0.15) is 0 Å². The summed E-state index contributed by atoms with van der Waals surface area (Å²) in [6.45, 7) is 2.17. The number of rotatable bonds is 8. The van der Waals surface area contributed by atoms with Gasteiger partial charge in [-0.1, -0.05) is 64.1 Å². The summed E-state index contributed by atoms with van der Waals surface area (Å²) in [4.78, 5) is 11.9. The molecule has 0 fully saturated rings. The van der Waals surface area contributed by atoms with Gasteiger partial charge < -0.3 is 5.32 Å². The minimum atomic E-state index is -0.0392. The van der Waals surface area contributed by atoms with Crippen molar-refractivity contribution in [3.8, 4) is 0 Å². The number of carbonyl (C=O) groups is 1. The van der Waals surface area contributed by atoms with E-state index in [1.807, 2.05) is 24.3 Å². The lowest BCUT2D eigenvalue weighted by atomic mass is 10.3. The number of thioether (sulfide) groups is 2. The van der Waals surface area contributed by atoms with Crippen LogP contribution in [0.1, 0.15) is 19.8 Å². The smallest absolute Gasteiger partial charge is 0.234 e. The molecule has 0 aliphatic carbocycles. The molecule has 1 N–H and O–H groups in total. The van der Waals surface area contributed by atoms with Crippen molar-refractivity contribution in [1.29, 1.82) is 0 Å². The number of halogens is 1. The Kier molecular flexibility index (Phi) is 7.71. The Morgan fingerprint density at radius 2 is 1.91 bits per heavy atom. The maximum Gasteiger partial charge on any atom is 0.234 e. The van der Waals surface area contributed by atoms with Gasteiger partial charge in [0.1, 0.15) is 0 Å². The second-order valence-corrected chi connectivity index (χ2v) is 8.84. The Labute approximate surface area is 151 Å².